The lowest BCUT2D eigenvalue weighted by Gasteiger charge is -2.14. The molecule has 0 fully saturated rings. The number of pyridine rings is 1. The Morgan fingerprint density at radius 2 is 1.77 bits per heavy atom. The number of hydrogen-bond donors (Lipinski definition) is 0. The van der Waals surface area contributed by atoms with Crippen LogP contribution in [0.2, 0.25) is 0 Å². The smallest absolute Gasteiger partial charge is 0.339 e. The highest BCUT2D eigenvalue weighted by Gasteiger charge is 2.22. The Hall–Kier alpha value is -2.69. The van der Waals surface area contributed by atoms with Crippen molar-refractivity contribution in [3.63, 3.8) is 0 Å². The van der Waals surface area contributed by atoms with Gasteiger partial charge in [0.05, 0.1) is 5.56 Å². The van der Waals surface area contributed by atoms with Gasteiger partial charge in [-0.1, -0.05) is 17.7 Å². The van der Waals surface area contributed by atoms with Gasteiger partial charge in [-0.3, -0.25) is 4.79 Å². The number of rotatable bonds is 4. The van der Waals surface area contributed by atoms with E-state index in [0.717, 1.165) is 11.1 Å². The SMILES string of the molecule is Cc1ccc(C)c(C(=O)[C@@H](C)OC(=O)c2cc[n+]([O-])cc2)c1. The second kappa shape index (κ2) is 6.39. The zero-order valence-corrected chi connectivity index (χ0v) is 12.7. The average molecular weight is 299 g/mol. The quantitative estimate of drug-likeness (QED) is 0.376. The first kappa shape index (κ1) is 15.7. The van der Waals surface area contributed by atoms with Crippen LogP contribution in [-0.2, 0) is 4.74 Å². The summed E-state index contributed by atoms with van der Waals surface area (Å²) in [6.07, 6.45) is 1.51. The van der Waals surface area contributed by atoms with Gasteiger partial charge in [0, 0.05) is 17.7 Å². The summed E-state index contributed by atoms with van der Waals surface area (Å²) in [5.74, 6) is -0.879. The topological polar surface area (TPSA) is 70.3 Å². The predicted octanol–water partition coefficient (Wildman–Crippen LogP) is 2.37. The van der Waals surface area contributed by atoms with Crippen LogP contribution in [-0.4, -0.2) is 17.9 Å². The van der Waals surface area contributed by atoms with Crippen molar-refractivity contribution >= 4 is 11.8 Å². The van der Waals surface area contributed by atoms with E-state index in [1.54, 1.807) is 13.0 Å². The fourth-order valence-corrected chi connectivity index (χ4v) is 2.05. The standard InChI is InChI=1S/C17H17NO4/c1-11-4-5-12(2)15(10-11)16(19)13(3)22-17(20)14-6-8-18(21)9-7-14/h4-10,13H,1-3H3/t13-/m1/s1. The van der Waals surface area contributed by atoms with Crippen molar-refractivity contribution in [1.29, 1.82) is 0 Å². The molecule has 0 saturated heterocycles. The molecule has 0 bridgehead atoms. The number of ether oxygens (including phenoxy) is 1. The van der Waals surface area contributed by atoms with Crippen molar-refractivity contribution in [2.24, 2.45) is 0 Å². The van der Waals surface area contributed by atoms with Crippen LogP contribution in [0.15, 0.2) is 42.7 Å². The lowest BCUT2D eigenvalue weighted by molar-refractivity contribution is -0.605. The number of carbonyl (C=O) groups excluding carboxylic acids is 2. The Balaban J connectivity index is 2.12. The first-order valence-electron chi connectivity index (χ1n) is 6.90. The molecule has 0 aliphatic rings. The molecule has 0 spiro atoms. The zero-order chi connectivity index (χ0) is 16.3. The third-order valence-corrected chi connectivity index (χ3v) is 3.35. The van der Waals surface area contributed by atoms with E-state index >= 15 is 0 Å². The van der Waals surface area contributed by atoms with E-state index in [-0.39, 0.29) is 11.3 Å². The molecule has 5 nitrogen and oxygen atoms in total. The van der Waals surface area contributed by atoms with E-state index in [1.807, 2.05) is 26.0 Å². The Labute approximate surface area is 128 Å². The average Bonchev–Trinajstić information content (AvgIpc) is 2.49. The number of aryl methyl sites for hydroxylation is 2. The highest BCUT2D eigenvalue weighted by Crippen LogP contribution is 2.15. The van der Waals surface area contributed by atoms with Crippen molar-refractivity contribution in [3.05, 3.63) is 70.2 Å². The van der Waals surface area contributed by atoms with E-state index in [4.69, 9.17) is 4.74 Å². The minimum Gasteiger partial charge on any atom is -0.619 e. The summed E-state index contributed by atoms with van der Waals surface area (Å²) < 4.78 is 5.76. The van der Waals surface area contributed by atoms with Crippen LogP contribution < -0.4 is 4.73 Å². The molecule has 2 aromatic rings. The van der Waals surface area contributed by atoms with Crippen LogP contribution in [0, 0.1) is 19.1 Å². The van der Waals surface area contributed by atoms with Crippen LogP contribution in [0.5, 0.6) is 0 Å². The minimum absolute atomic E-state index is 0.229. The molecule has 1 aromatic carbocycles. The largest absolute Gasteiger partial charge is 0.619 e. The van der Waals surface area contributed by atoms with E-state index in [9.17, 15) is 14.8 Å². The second-order valence-corrected chi connectivity index (χ2v) is 5.18. The number of Topliss-reactive ketones (excluding diaryl/α,β-unsaturated/α-hetero) is 1. The maximum Gasteiger partial charge on any atom is 0.339 e. The molecule has 0 aliphatic heterocycles. The molecule has 1 heterocycles. The summed E-state index contributed by atoms with van der Waals surface area (Å²) in [6, 6.07) is 8.27. The van der Waals surface area contributed by atoms with Crippen LogP contribution in [0.3, 0.4) is 0 Å². The van der Waals surface area contributed by atoms with Crippen molar-refractivity contribution in [1.82, 2.24) is 0 Å². The van der Waals surface area contributed by atoms with Gasteiger partial charge in [0.25, 0.3) is 0 Å². The molecule has 2 rings (SSSR count). The van der Waals surface area contributed by atoms with Crippen LogP contribution >= 0.6 is 0 Å². The molecule has 0 radical (unpaired) electrons. The number of benzene rings is 1. The molecule has 0 aliphatic carbocycles. The van der Waals surface area contributed by atoms with Gasteiger partial charge in [0.2, 0.25) is 5.78 Å². The van der Waals surface area contributed by atoms with Gasteiger partial charge in [0.15, 0.2) is 18.5 Å². The van der Waals surface area contributed by atoms with Gasteiger partial charge in [-0.15, -0.1) is 0 Å². The molecule has 22 heavy (non-hydrogen) atoms. The summed E-state index contributed by atoms with van der Waals surface area (Å²) >= 11 is 0. The molecule has 1 aromatic heterocycles. The summed E-state index contributed by atoms with van der Waals surface area (Å²) in [4.78, 5) is 24.4. The van der Waals surface area contributed by atoms with E-state index in [1.165, 1.54) is 24.5 Å². The number of carbonyl (C=O) groups is 2. The fourth-order valence-electron chi connectivity index (χ4n) is 2.05. The van der Waals surface area contributed by atoms with Gasteiger partial charge in [0.1, 0.15) is 0 Å². The summed E-state index contributed by atoms with van der Waals surface area (Å²) in [7, 11) is 0. The Morgan fingerprint density at radius 1 is 1.14 bits per heavy atom. The molecular weight excluding hydrogens is 282 g/mol. The molecular formula is C17H17NO4. The van der Waals surface area contributed by atoms with Crippen molar-refractivity contribution in [2.45, 2.75) is 26.9 Å². The number of hydrogen-bond acceptors (Lipinski definition) is 4. The van der Waals surface area contributed by atoms with Gasteiger partial charge < -0.3 is 9.94 Å². The lowest BCUT2D eigenvalue weighted by Crippen LogP contribution is -2.27. The third kappa shape index (κ3) is 3.49. The normalized spacial score (nSPS) is 11.8. The van der Waals surface area contributed by atoms with Crippen LogP contribution in [0.1, 0.15) is 38.8 Å². The fraction of sp³-hybridized carbons (Fsp3) is 0.235. The molecule has 0 N–H and O–H groups in total. The van der Waals surface area contributed by atoms with E-state index in [0.29, 0.717) is 10.3 Å². The summed E-state index contributed by atoms with van der Waals surface area (Å²) in [6.45, 7) is 5.28. The number of esters is 1. The first-order chi connectivity index (χ1) is 10.4. The van der Waals surface area contributed by atoms with Crippen molar-refractivity contribution in [3.8, 4) is 0 Å². The third-order valence-electron chi connectivity index (χ3n) is 3.35. The molecule has 0 amide bonds. The molecule has 0 saturated carbocycles. The van der Waals surface area contributed by atoms with Crippen LogP contribution in [0.4, 0.5) is 0 Å². The molecule has 1 atom stereocenters. The molecule has 5 heteroatoms. The lowest BCUT2D eigenvalue weighted by atomic mass is 9.99. The molecule has 114 valence electrons. The minimum atomic E-state index is -0.896. The Morgan fingerprint density at radius 3 is 2.41 bits per heavy atom. The van der Waals surface area contributed by atoms with E-state index in [2.05, 4.69) is 0 Å². The maximum atomic E-state index is 12.4. The second-order valence-electron chi connectivity index (χ2n) is 5.18. The van der Waals surface area contributed by atoms with E-state index < -0.39 is 12.1 Å². The van der Waals surface area contributed by atoms with Crippen LogP contribution in [0.25, 0.3) is 0 Å². The Kier molecular flexibility index (Phi) is 4.56. The van der Waals surface area contributed by atoms with Gasteiger partial charge in [-0.05, 0) is 32.4 Å². The van der Waals surface area contributed by atoms with Gasteiger partial charge >= 0.3 is 5.97 Å². The predicted molar refractivity (Wildman–Crippen MR) is 80.5 cm³/mol. The summed E-state index contributed by atoms with van der Waals surface area (Å²) in [5.41, 5.74) is 2.58. The number of nitrogens with zero attached hydrogens (tertiary/aromatic N) is 1. The summed E-state index contributed by atoms with van der Waals surface area (Å²) in [5, 5.41) is 10.9. The number of ketones is 1. The number of aromatic nitrogens is 1. The van der Waals surface area contributed by atoms with Crippen molar-refractivity contribution in [2.75, 3.05) is 0 Å². The highest BCUT2D eigenvalue weighted by atomic mass is 16.5. The monoisotopic (exact) mass is 299 g/mol. The first-order valence-corrected chi connectivity index (χ1v) is 6.90. The highest BCUT2D eigenvalue weighted by molar-refractivity contribution is 6.02. The maximum absolute atomic E-state index is 12.4. The van der Waals surface area contributed by atoms with Gasteiger partial charge in [-0.2, -0.15) is 4.73 Å². The Bertz CT molecular complexity index is 707. The molecule has 0 unspecified atom stereocenters. The van der Waals surface area contributed by atoms with Crippen molar-refractivity contribution < 1.29 is 19.1 Å². The zero-order valence-electron chi connectivity index (χ0n) is 12.7. The van der Waals surface area contributed by atoms with Gasteiger partial charge in [-0.25, -0.2) is 4.79 Å².